The minimum absolute atomic E-state index is 0.102. The normalized spacial score (nSPS) is 18.3. The van der Waals surface area contributed by atoms with Crippen molar-refractivity contribution in [2.24, 2.45) is 0 Å². The van der Waals surface area contributed by atoms with Crippen LogP contribution in [0.2, 0.25) is 0 Å². The van der Waals surface area contributed by atoms with Crippen molar-refractivity contribution in [2.45, 2.75) is 28.4 Å². The molecule has 4 rings (SSSR count). The fraction of sp³-hybridized carbons (Fsp3) is 0.208. The molecule has 1 heterocycles. The Labute approximate surface area is 192 Å². The molecule has 0 radical (unpaired) electrons. The lowest BCUT2D eigenvalue weighted by atomic mass is 10.1. The molecule has 2 atom stereocenters. The molecule has 0 saturated carbocycles. The number of methoxy groups -OCH3 is 1. The van der Waals surface area contributed by atoms with Gasteiger partial charge in [0.1, 0.15) is 17.9 Å². The van der Waals surface area contributed by atoms with Crippen LogP contribution in [0.1, 0.15) is 6.42 Å². The minimum atomic E-state index is -3.85. The summed E-state index contributed by atoms with van der Waals surface area (Å²) in [6.07, 6.45) is -0.0280. The average molecular weight is 470 g/mol. The lowest BCUT2D eigenvalue weighted by Crippen LogP contribution is -2.38. The fourth-order valence-electron chi connectivity index (χ4n) is 3.42. The standard InChI is InChI=1S/C24H23NO5S2/c1-29-19-11-7-17(8-12-19)18-9-13-22(14-10-18)32(27,28)25-23-15-20(30-24(23)26)16-31-21-5-3-2-4-6-21/h2-14,20,23,25H,15-16H2,1H3. The van der Waals surface area contributed by atoms with Gasteiger partial charge in [0.2, 0.25) is 10.0 Å². The van der Waals surface area contributed by atoms with Crippen LogP contribution in [0.4, 0.5) is 0 Å². The molecule has 0 aromatic heterocycles. The highest BCUT2D eigenvalue weighted by Gasteiger charge is 2.37. The summed E-state index contributed by atoms with van der Waals surface area (Å²) >= 11 is 1.58. The van der Waals surface area contributed by atoms with Gasteiger partial charge in [0.15, 0.2) is 0 Å². The molecule has 8 heteroatoms. The summed E-state index contributed by atoms with van der Waals surface area (Å²) in [4.78, 5) is 13.4. The Morgan fingerprint density at radius 1 is 0.969 bits per heavy atom. The van der Waals surface area contributed by atoms with E-state index in [1.54, 1.807) is 31.0 Å². The van der Waals surface area contributed by atoms with E-state index in [-0.39, 0.29) is 11.0 Å². The Morgan fingerprint density at radius 3 is 2.22 bits per heavy atom. The first kappa shape index (κ1) is 22.4. The number of nitrogens with one attached hydrogen (secondary N) is 1. The number of hydrogen-bond acceptors (Lipinski definition) is 6. The van der Waals surface area contributed by atoms with Crippen molar-refractivity contribution in [3.05, 3.63) is 78.9 Å². The minimum Gasteiger partial charge on any atom is -0.497 e. The fourth-order valence-corrected chi connectivity index (χ4v) is 5.55. The van der Waals surface area contributed by atoms with Gasteiger partial charge in [-0.3, -0.25) is 4.79 Å². The number of carbonyl (C=O) groups is 1. The van der Waals surface area contributed by atoms with Crippen LogP contribution in [0, 0.1) is 0 Å². The van der Waals surface area contributed by atoms with E-state index >= 15 is 0 Å². The molecule has 3 aromatic rings. The third-order valence-corrected chi connectivity index (χ3v) is 7.76. The number of ether oxygens (including phenoxy) is 2. The monoisotopic (exact) mass is 469 g/mol. The third kappa shape index (κ3) is 5.32. The molecule has 166 valence electrons. The average Bonchev–Trinajstić information content (AvgIpc) is 3.17. The first-order valence-corrected chi connectivity index (χ1v) is 12.6. The Kier molecular flexibility index (Phi) is 6.83. The molecule has 1 aliphatic heterocycles. The first-order valence-electron chi connectivity index (χ1n) is 10.1. The van der Waals surface area contributed by atoms with Gasteiger partial charge in [0.25, 0.3) is 0 Å². The second kappa shape index (κ2) is 9.77. The van der Waals surface area contributed by atoms with Gasteiger partial charge in [-0.15, -0.1) is 11.8 Å². The molecular weight excluding hydrogens is 446 g/mol. The number of cyclic esters (lactones) is 1. The smallest absolute Gasteiger partial charge is 0.324 e. The summed E-state index contributed by atoms with van der Waals surface area (Å²) in [5.74, 6) is 0.785. The van der Waals surface area contributed by atoms with Crippen molar-refractivity contribution in [2.75, 3.05) is 12.9 Å². The molecule has 0 aliphatic carbocycles. The first-order chi connectivity index (χ1) is 15.4. The van der Waals surface area contributed by atoms with E-state index in [1.807, 2.05) is 54.6 Å². The molecule has 1 aliphatic rings. The van der Waals surface area contributed by atoms with Crippen LogP contribution >= 0.6 is 11.8 Å². The number of carbonyl (C=O) groups excluding carboxylic acids is 1. The second-order valence-corrected chi connectivity index (χ2v) is 10.2. The van der Waals surface area contributed by atoms with E-state index in [0.717, 1.165) is 21.8 Å². The van der Waals surface area contributed by atoms with Crippen LogP contribution in [-0.2, 0) is 19.6 Å². The van der Waals surface area contributed by atoms with Crippen molar-refractivity contribution in [1.82, 2.24) is 4.72 Å². The van der Waals surface area contributed by atoms with Crippen LogP contribution in [0.3, 0.4) is 0 Å². The maximum absolute atomic E-state index is 12.8. The number of sulfonamides is 1. The van der Waals surface area contributed by atoms with Gasteiger partial charge in [0.05, 0.1) is 12.0 Å². The van der Waals surface area contributed by atoms with E-state index in [9.17, 15) is 13.2 Å². The maximum Gasteiger partial charge on any atom is 0.324 e. The van der Waals surface area contributed by atoms with Gasteiger partial charge in [-0.25, -0.2) is 8.42 Å². The summed E-state index contributed by atoms with van der Waals surface area (Å²) in [6, 6.07) is 23.0. The summed E-state index contributed by atoms with van der Waals surface area (Å²) in [5.41, 5.74) is 1.82. The number of esters is 1. The SMILES string of the molecule is COc1ccc(-c2ccc(S(=O)(=O)NC3CC(CSc4ccccc4)OC3=O)cc2)cc1. The molecule has 32 heavy (non-hydrogen) atoms. The van der Waals surface area contributed by atoms with Gasteiger partial charge >= 0.3 is 5.97 Å². The maximum atomic E-state index is 12.8. The van der Waals surface area contributed by atoms with Crippen LogP contribution in [0.25, 0.3) is 11.1 Å². The van der Waals surface area contributed by atoms with Gasteiger partial charge in [-0.2, -0.15) is 4.72 Å². The zero-order valence-electron chi connectivity index (χ0n) is 17.4. The predicted molar refractivity (Wildman–Crippen MR) is 124 cm³/mol. The van der Waals surface area contributed by atoms with E-state index in [0.29, 0.717) is 12.2 Å². The van der Waals surface area contributed by atoms with Crippen LogP contribution in [0.5, 0.6) is 5.75 Å². The van der Waals surface area contributed by atoms with Gasteiger partial charge in [0, 0.05) is 17.1 Å². The van der Waals surface area contributed by atoms with Crippen molar-refractivity contribution >= 4 is 27.8 Å². The molecule has 6 nitrogen and oxygen atoms in total. The Balaban J connectivity index is 1.38. The summed E-state index contributed by atoms with van der Waals surface area (Å²) in [7, 11) is -2.25. The summed E-state index contributed by atoms with van der Waals surface area (Å²) < 4.78 is 38.7. The van der Waals surface area contributed by atoms with Crippen molar-refractivity contribution in [3.63, 3.8) is 0 Å². The highest BCUT2D eigenvalue weighted by atomic mass is 32.2. The molecular formula is C24H23NO5S2. The van der Waals surface area contributed by atoms with E-state index < -0.39 is 22.0 Å². The topological polar surface area (TPSA) is 81.7 Å². The molecule has 2 unspecified atom stereocenters. The molecule has 1 fully saturated rings. The Hall–Kier alpha value is -2.81. The van der Waals surface area contributed by atoms with Gasteiger partial charge in [-0.05, 0) is 47.5 Å². The number of benzene rings is 3. The van der Waals surface area contributed by atoms with Crippen LogP contribution < -0.4 is 9.46 Å². The quantitative estimate of drug-likeness (QED) is 0.395. The number of rotatable bonds is 8. The Morgan fingerprint density at radius 2 is 1.59 bits per heavy atom. The molecule has 0 bridgehead atoms. The lowest BCUT2D eigenvalue weighted by Gasteiger charge is -2.11. The Bertz CT molecular complexity index is 1160. The summed E-state index contributed by atoms with van der Waals surface area (Å²) in [6.45, 7) is 0. The largest absolute Gasteiger partial charge is 0.497 e. The number of thioether (sulfide) groups is 1. The summed E-state index contributed by atoms with van der Waals surface area (Å²) in [5, 5.41) is 0. The van der Waals surface area contributed by atoms with Crippen molar-refractivity contribution < 1.29 is 22.7 Å². The molecule has 3 aromatic carbocycles. The van der Waals surface area contributed by atoms with Crippen LogP contribution in [0.15, 0.2) is 88.7 Å². The van der Waals surface area contributed by atoms with Crippen molar-refractivity contribution in [3.8, 4) is 16.9 Å². The van der Waals surface area contributed by atoms with E-state index in [2.05, 4.69) is 4.72 Å². The third-order valence-electron chi connectivity index (χ3n) is 5.13. The van der Waals surface area contributed by atoms with Gasteiger partial charge < -0.3 is 9.47 Å². The zero-order chi connectivity index (χ0) is 22.6. The highest BCUT2D eigenvalue weighted by molar-refractivity contribution is 7.99. The highest BCUT2D eigenvalue weighted by Crippen LogP contribution is 2.27. The van der Waals surface area contributed by atoms with Crippen molar-refractivity contribution in [1.29, 1.82) is 0 Å². The predicted octanol–water partition coefficient (Wildman–Crippen LogP) is 4.12. The molecule has 1 saturated heterocycles. The molecule has 0 spiro atoms. The number of hydrogen-bond donors (Lipinski definition) is 1. The van der Waals surface area contributed by atoms with Crippen LogP contribution in [-0.4, -0.2) is 39.4 Å². The van der Waals surface area contributed by atoms with E-state index in [4.69, 9.17) is 9.47 Å². The van der Waals surface area contributed by atoms with Gasteiger partial charge in [-0.1, -0.05) is 42.5 Å². The molecule has 1 N–H and O–H groups in total. The molecule has 0 amide bonds. The zero-order valence-corrected chi connectivity index (χ0v) is 19.1. The lowest BCUT2D eigenvalue weighted by molar-refractivity contribution is -0.141. The van der Waals surface area contributed by atoms with E-state index in [1.165, 1.54) is 12.1 Å². The second-order valence-electron chi connectivity index (χ2n) is 7.35.